The van der Waals surface area contributed by atoms with E-state index in [0.717, 1.165) is 23.9 Å². The second-order valence-electron chi connectivity index (χ2n) is 4.14. The fourth-order valence-electron chi connectivity index (χ4n) is 1.99. The summed E-state index contributed by atoms with van der Waals surface area (Å²) in [7, 11) is 0. The third-order valence-corrected chi connectivity index (χ3v) is 2.94. The van der Waals surface area contributed by atoms with Crippen molar-refractivity contribution < 1.29 is 4.42 Å². The number of aromatic nitrogens is 1. The van der Waals surface area contributed by atoms with Crippen molar-refractivity contribution in [2.24, 2.45) is 0 Å². The van der Waals surface area contributed by atoms with Crippen LogP contribution in [0.2, 0.25) is 0 Å². The standard InChI is InChI=1S/C15H13NO/c1-2-4-12(5-3-1)6-7-13-8-9-15-14(10-13)16-11-17-15/h1-5,8-11H,6-7H2. The van der Waals surface area contributed by atoms with Crippen molar-refractivity contribution >= 4 is 11.1 Å². The fraction of sp³-hybridized carbons (Fsp3) is 0.133. The smallest absolute Gasteiger partial charge is 0.181 e. The van der Waals surface area contributed by atoms with Crippen molar-refractivity contribution in [2.75, 3.05) is 0 Å². The van der Waals surface area contributed by atoms with E-state index < -0.39 is 0 Å². The maximum Gasteiger partial charge on any atom is 0.181 e. The SMILES string of the molecule is c1ccc(CCc2ccc3ocnc3c2)cc1. The lowest BCUT2D eigenvalue weighted by molar-refractivity contribution is 0.602. The van der Waals surface area contributed by atoms with E-state index in [0.29, 0.717) is 0 Å². The van der Waals surface area contributed by atoms with Gasteiger partial charge in [0.2, 0.25) is 0 Å². The summed E-state index contributed by atoms with van der Waals surface area (Å²) in [6.07, 6.45) is 3.59. The molecule has 0 aliphatic carbocycles. The van der Waals surface area contributed by atoms with Crippen LogP contribution in [0, 0.1) is 0 Å². The van der Waals surface area contributed by atoms with Crippen molar-refractivity contribution in [1.29, 1.82) is 0 Å². The maximum absolute atomic E-state index is 5.22. The minimum Gasteiger partial charge on any atom is -0.443 e. The molecule has 3 rings (SSSR count). The highest BCUT2D eigenvalue weighted by molar-refractivity contribution is 5.72. The van der Waals surface area contributed by atoms with Crippen LogP contribution in [0.15, 0.2) is 59.3 Å². The summed E-state index contributed by atoms with van der Waals surface area (Å²) in [4.78, 5) is 4.17. The van der Waals surface area contributed by atoms with Crippen molar-refractivity contribution in [3.63, 3.8) is 0 Å². The molecular formula is C15H13NO. The first kappa shape index (κ1) is 10.1. The van der Waals surface area contributed by atoms with E-state index in [2.05, 4.69) is 41.4 Å². The number of benzene rings is 2. The van der Waals surface area contributed by atoms with Crippen LogP contribution < -0.4 is 0 Å². The van der Waals surface area contributed by atoms with Crippen molar-refractivity contribution in [2.45, 2.75) is 12.8 Å². The number of aryl methyl sites for hydroxylation is 2. The molecule has 0 saturated carbocycles. The second kappa shape index (κ2) is 4.42. The van der Waals surface area contributed by atoms with Gasteiger partial charge < -0.3 is 4.42 Å². The molecule has 0 spiro atoms. The summed E-state index contributed by atoms with van der Waals surface area (Å²) in [5, 5.41) is 0. The molecule has 17 heavy (non-hydrogen) atoms. The Hall–Kier alpha value is -2.09. The molecule has 0 N–H and O–H groups in total. The predicted molar refractivity (Wildman–Crippen MR) is 67.9 cm³/mol. The van der Waals surface area contributed by atoms with Gasteiger partial charge in [-0.15, -0.1) is 0 Å². The zero-order valence-corrected chi connectivity index (χ0v) is 9.47. The molecule has 0 bridgehead atoms. The van der Waals surface area contributed by atoms with Crippen LogP contribution >= 0.6 is 0 Å². The molecule has 2 nitrogen and oxygen atoms in total. The Bertz CT molecular complexity index is 613. The number of oxazole rings is 1. The molecule has 3 aromatic rings. The Morgan fingerprint density at radius 2 is 1.71 bits per heavy atom. The number of hydrogen-bond acceptors (Lipinski definition) is 2. The van der Waals surface area contributed by atoms with E-state index in [1.165, 1.54) is 17.5 Å². The van der Waals surface area contributed by atoms with Crippen LogP contribution in [0.25, 0.3) is 11.1 Å². The largest absolute Gasteiger partial charge is 0.443 e. The van der Waals surface area contributed by atoms with E-state index in [1.54, 1.807) is 0 Å². The molecule has 0 amide bonds. The molecular weight excluding hydrogens is 210 g/mol. The lowest BCUT2D eigenvalue weighted by atomic mass is 10.0. The summed E-state index contributed by atoms with van der Waals surface area (Å²) in [6, 6.07) is 16.7. The lowest BCUT2D eigenvalue weighted by Gasteiger charge is -2.01. The average Bonchev–Trinajstić information content (AvgIpc) is 2.85. The number of rotatable bonds is 3. The van der Waals surface area contributed by atoms with Gasteiger partial charge in [-0.05, 0) is 36.1 Å². The average molecular weight is 223 g/mol. The van der Waals surface area contributed by atoms with Crippen molar-refractivity contribution in [3.05, 3.63) is 66.1 Å². The number of fused-ring (bicyclic) bond motifs is 1. The first-order valence-corrected chi connectivity index (χ1v) is 5.78. The Kier molecular flexibility index (Phi) is 2.62. The maximum atomic E-state index is 5.22. The quantitative estimate of drug-likeness (QED) is 0.678. The third-order valence-electron chi connectivity index (χ3n) is 2.94. The van der Waals surface area contributed by atoms with Gasteiger partial charge >= 0.3 is 0 Å². The molecule has 0 unspecified atom stereocenters. The zero-order chi connectivity index (χ0) is 11.5. The summed E-state index contributed by atoms with van der Waals surface area (Å²) >= 11 is 0. The highest BCUT2D eigenvalue weighted by Crippen LogP contribution is 2.15. The molecule has 1 aromatic heterocycles. The molecule has 0 radical (unpaired) electrons. The third kappa shape index (κ3) is 2.21. The highest BCUT2D eigenvalue weighted by atomic mass is 16.3. The Labute approximate surface area is 99.9 Å². The molecule has 84 valence electrons. The Morgan fingerprint density at radius 3 is 2.59 bits per heavy atom. The lowest BCUT2D eigenvalue weighted by Crippen LogP contribution is -1.90. The van der Waals surface area contributed by atoms with E-state index in [9.17, 15) is 0 Å². The van der Waals surface area contributed by atoms with Gasteiger partial charge in [0, 0.05) is 0 Å². The van der Waals surface area contributed by atoms with Gasteiger partial charge in [0.25, 0.3) is 0 Å². The fourth-order valence-corrected chi connectivity index (χ4v) is 1.99. The van der Waals surface area contributed by atoms with Crippen LogP contribution in [-0.4, -0.2) is 4.98 Å². The first-order valence-electron chi connectivity index (χ1n) is 5.78. The summed E-state index contributed by atoms with van der Waals surface area (Å²) in [5.74, 6) is 0. The minimum absolute atomic E-state index is 0.855. The van der Waals surface area contributed by atoms with Gasteiger partial charge in [-0.1, -0.05) is 36.4 Å². The monoisotopic (exact) mass is 223 g/mol. The summed E-state index contributed by atoms with van der Waals surface area (Å²) < 4.78 is 5.22. The molecule has 2 heteroatoms. The van der Waals surface area contributed by atoms with Crippen LogP contribution in [0.5, 0.6) is 0 Å². The van der Waals surface area contributed by atoms with Crippen molar-refractivity contribution in [1.82, 2.24) is 4.98 Å². The van der Waals surface area contributed by atoms with Crippen LogP contribution in [-0.2, 0) is 12.8 Å². The van der Waals surface area contributed by atoms with E-state index >= 15 is 0 Å². The molecule has 2 aromatic carbocycles. The number of hydrogen-bond donors (Lipinski definition) is 0. The van der Waals surface area contributed by atoms with Gasteiger partial charge in [0.15, 0.2) is 12.0 Å². The predicted octanol–water partition coefficient (Wildman–Crippen LogP) is 3.61. The molecule has 1 heterocycles. The Balaban J connectivity index is 1.76. The second-order valence-corrected chi connectivity index (χ2v) is 4.14. The van der Waals surface area contributed by atoms with Crippen LogP contribution in [0.1, 0.15) is 11.1 Å². The van der Waals surface area contributed by atoms with Gasteiger partial charge in [0.1, 0.15) is 5.52 Å². The van der Waals surface area contributed by atoms with Gasteiger partial charge in [-0.3, -0.25) is 0 Å². The van der Waals surface area contributed by atoms with Crippen LogP contribution in [0.3, 0.4) is 0 Å². The normalized spacial score (nSPS) is 10.8. The summed E-state index contributed by atoms with van der Waals surface area (Å²) in [5.41, 5.74) is 4.46. The molecule has 0 saturated heterocycles. The van der Waals surface area contributed by atoms with Gasteiger partial charge in [-0.25, -0.2) is 4.98 Å². The topological polar surface area (TPSA) is 26.0 Å². The molecule has 0 aliphatic rings. The van der Waals surface area contributed by atoms with Crippen molar-refractivity contribution in [3.8, 4) is 0 Å². The van der Waals surface area contributed by atoms with Gasteiger partial charge in [0.05, 0.1) is 0 Å². The minimum atomic E-state index is 0.855. The Morgan fingerprint density at radius 1 is 0.882 bits per heavy atom. The molecule has 0 atom stereocenters. The number of nitrogens with zero attached hydrogens (tertiary/aromatic N) is 1. The van der Waals surface area contributed by atoms with E-state index in [1.807, 2.05) is 12.1 Å². The molecule has 0 aliphatic heterocycles. The van der Waals surface area contributed by atoms with E-state index in [-0.39, 0.29) is 0 Å². The zero-order valence-electron chi connectivity index (χ0n) is 9.47. The van der Waals surface area contributed by atoms with E-state index in [4.69, 9.17) is 4.42 Å². The summed E-state index contributed by atoms with van der Waals surface area (Å²) in [6.45, 7) is 0. The molecule has 0 fully saturated rings. The van der Waals surface area contributed by atoms with Crippen LogP contribution in [0.4, 0.5) is 0 Å². The van der Waals surface area contributed by atoms with Gasteiger partial charge in [-0.2, -0.15) is 0 Å². The first-order chi connectivity index (χ1) is 8.42. The highest BCUT2D eigenvalue weighted by Gasteiger charge is 2.00.